The van der Waals surface area contributed by atoms with Gasteiger partial charge in [0.15, 0.2) is 5.78 Å². The van der Waals surface area contributed by atoms with Crippen LogP contribution in [-0.4, -0.2) is 17.0 Å². The number of carbonyl (C=O) groups excluding carboxylic acids is 1. The van der Waals surface area contributed by atoms with E-state index in [-0.39, 0.29) is 17.3 Å². The SMILES string of the molecule is C[C@]12C/C(=C\c3ccccc3I)C(=O)C=C1CCC[C@@H]2O. The van der Waals surface area contributed by atoms with Gasteiger partial charge in [-0.15, -0.1) is 0 Å². The molecule has 3 heteroatoms. The molecule has 1 aromatic rings. The molecule has 0 amide bonds. The molecule has 2 atom stereocenters. The smallest absolute Gasteiger partial charge is 0.181 e. The van der Waals surface area contributed by atoms with Crippen LogP contribution in [-0.2, 0) is 4.79 Å². The van der Waals surface area contributed by atoms with E-state index in [1.807, 2.05) is 30.3 Å². The molecule has 2 aliphatic carbocycles. The lowest BCUT2D eigenvalue weighted by Crippen LogP contribution is -2.41. The van der Waals surface area contributed by atoms with E-state index in [4.69, 9.17) is 0 Å². The average Bonchev–Trinajstić information content (AvgIpc) is 2.45. The molecule has 0 spiro atoms. The fourth-order valence-corrected chi connectivity index (χ4v) is 3.95. The predicted molar refractivity (Wildman–Crippen MR) is 92.8 cm³/mol. The number of carbonyl (C=O) groups is 1. The highest BCUT2D eigenvalue weighted by molar-refractivity contribution is 14.1. The van der Waals surface area contributed by atoms with Crippen molar-refractivity contribution in [3.8, 4) is 0 Å². The Morgan fingerprint density at radius 3 is 2.90 bits per heavy atom. The molecular weight excluding hydrogens is 375 g/mol. The Morgan fingerprint density at radius 1 is 1.38 bits per heavy atom. The maximum absolute atomic E-state index is 12.4. The minimum atomic E-state index is -0.344. The minimum Gasteiger partial charge on any atom is -0.392 e. The fraction of sp³-hybridized carbons (Fsp3) is 0.389. The molecule has 2 nitrogen and oxygen atoms in total. The molecule has 1 fully saturated rings. The highest BCUT2D eigenvalue weighted by Crippen LogP contribution is 2.48. The number of aliphatic hydroxyl groups excluding tert-OH is 1. The second kappa shape index (κ2) is 5.69. The fourth-order valence-electron chi connectivity index (χ4n) is 3.41. The molecule has 1 saturated carbocycles. The van der Waals surface area contributed by atoms with Gasteiger partial charge in [-0.25, -0.2) is 0 Å². The molecule has 0 aromatic heterocycles. The van der Waals surface area contributed by atoms with Gasteiger partial charge >= 0.3 is 0 Å². The van der Waals surface area contributed by atoms with E-state index in [2.05, 4.69) is 29.5 Å². The lowest BCUT2D eigenvalue weighted by Gasteiger charge is -2.43. The molecule has 0 radical (unpaired) electrons. The van der Waals surface area contributed by atoms with Crippen molar-refractivity contribution >= 4 is 34.5 Å². The monoisotopic (exact) mass is 394 g/mol. The Labute approximate surface area is 139 Å². The van der Waals surface area contributed by atoms with Crippen LogP contribution in [0.2, 0.25) is 0 Å². The number of hydrogen-bond acceptors (Lipinski definition) is 2. The summed E-state index contributed by atoms with van der Waals surface area (Å²) in [7, 11) is 0. The lowest BCUT2D eigenvalue weighted by atomic mass is 9.63. The maximum Gasteiger partial charge on any atom is 0.181 e. The average molecular weight is 394 g/mol. The molecule has 1 aromatic carbocycles. The summed E-state index contributed by atoms with van der Waals surface area (Å²) in [4.78, 5) is 12.4. The van der Waals surface area contributed by atoms with Crippen LogP contribution in [0.4, 0.5) is 0 Å². The van der Waals surface area contributed by atoms with Gasteiger partial charge < -0.3 is 5.11 Å². The number of aliphatic hydroxyl groups is 1. The highest BCUT2D eigenvalue weighted by atomic mass is 127. The summed E-state index contributed by atoms with van der Waals surface area (Å²) in [6, 6.07) is 8.05. The molecule has 2 aliphatic rings. The molecule has 0 bridgehead atoms. The van der Waals surface area contributed by atoms with Crippen molar-refractivity contribution in [2.45, 2.75) is 38.7 Å². The predicted octanol–water partition coefficient (Wildman–Crippen LogP) is 4.12. The van der Waals surface area contributed by atoms with Crippen LogP contribution >= 0.6 is 22.6 Å². The van der Waals surface area contributed by atoms with E-state index in [1.54, 1.807) is 6.08 Å². The molecule has 0 heterocycles. The maximum atomic E-state index is 12.4. The number of fused-ring (bicyclic) bond motifs is 1. The van der Waals surface area contributed by atoms with Gasteiger partial charge in [0, 0.05) is 14.6 Å². The third-order valence-corrected chi connectivity index (χ3v) is 5.79. The van der Waals surface area contributed by atoms with Crippen molar-refractivity contribution in [3.63, 3.8) is 0 Å². The molecule has 1 N–H and O–H groups in total. The standard InChI is InChI=1S/C18H19IO2/c1-18-11-13(9-12-5-2-3-7-15(12)19)16(20)10-14(18)6-4-8-17(18)21/h2-3,5,7,9-10,17,21H,4,6,8,11H2,1H3/b13-9+/t17-,18-/m0/s1. The van der Waals surface area contributed by atoms with Gasteiger partial charge in [-0.1, -0.05) is 30.7 Å². The van der Waals surface area contributed by atoms with Crippen LogP contribution in [0.5, 0.6) is 0 Å². The molecule has 0 aliphatic heterocycles. The first-order chi connectivity index (χ1) is 10.0. The van der Waals surface area contributed by atoms with Crippen LogP contribution in [0, 0.1) is 8.99 Å². The summed E-state index contributed by atoms with van der Waals surface area (Å²) in [5, 5.41) is 10.4. The van der Waals surface area contributed by atoms with Crippen LogP contribution < -0.4 is 0 Å². The van der Waals surface area contributed by atoms with Gasteiger partial charge in [-0.05, 0) is 72.1 Å². The normalized spacial score (nSPS) is 31.0. The van der Waals surface area contributed by atoms with E-state index in [0.29, 0.717) is 6.42 Å². The summed E-state index contributed by atoms with van der Waals surface area (Å²) >= 11 is 2.29. The van der Waals surface area contributed by atoms with Crippen molar-refractivity contribution < 1.29 is 9.90 Å². The summed E-state index contributed by atoms with van der Waals surface area (Å²) < 4.78 is 1.14. The Hall–Kier alpha value is -0.940. The van der Waals surface area contributed by atoms with Crippen molar-refractivity contribution in [1.82, 2.24) is 0 Å². The number of hydrogen-bond donors (Lipinski definition) is 1. The van der Waals surface area contributed by atoms with Gasteiger partial charge in [0.1, 0.15) is 0 Å². The first-order valence-electron chi connectivity index (χ1n) is 7.39. The van der Waals surface area contributed by atoms with E-state index in [9.17, 15) is 9.90 Å². The van der Waals surface area contributed by atoms with E-state index in [1.165, 1.54) is 0 Å². The number of halogens is 1. The zero-order valence-corrected chi connectivity index (χ0v) is 14.3. The van der Waals surface area contributed by atoms with Crippen LogP contribution in [0.25, 0.3) is 6.08 Å². The van der Waals surface area contributed by atoms with E-state index in [0.717, 1.165) is 39.5 Å². The molecule has 0 saturated heterocycles. The Morgan fingerprint density at radius 2 is 2.14 bits per heavy atom. The summed E-state index contributed by atoms with van der Waals surface area (Å²) in [6.07, 6.45) is 6.81. The molecule has 110 valence electrons. The zero-order valence-electron chi connectivity index (χ0n) is 12.1. The Balaban J connectivity index is 2.01. The largest absolute Gasteiger partial charge is 0.392 e. The summed E-state index contributed by atoms with van der Waals surface area (Å²) in [5.74, 6) is 0.108. The van der Waals surface area contributed by atoms with E-state index >= 15 is 0 Å². The third kappa shape index (κ3) is 2.73. The summed E-state index contributed by atoms with van der Waals surface area (Å²) in [5.41, 5.74) is 2.75. The van der Waals surface area contributed by atoms with Crippen LogP contribution in [0.3, 0.4) is 0 Å². The molecular formula is C18H19IO2. The van der Waals surface area contributed by atoms with Crippen molar-refractivity contribution in [1.29, 1.82) is 0 Å². The van der Waals surface area contributed by atoms with Gasteiger partial charge in [0.25, 0.3) is 0 Å². The third-order valence-electron chi connectivity index (χ3n) is 4.81. The number of rotatable bonds is 1. The van der Waals surface area contributed by atoms with Gasteiger partial charge in [-0.3, -0.25) is 4.79 Å². The number of allylic oxidation sites excluding steroid dienone is 2. The number of ketones is 1. The first-order valence-corrected chi connectivity index (χ1v) is 8.47. The van der Waals surface area contributed by atoms with Gasteiger partial charge in [0.05, 0.1) is 6.10 Å². The molecule has 3 rings (SSSR count). The van der Waals surface area contributed by atoms with Crippen molar-refractivity contribution in [2.75, 3.05) is 0 Å². The van der Waals surface area contributed by atoms with E-state index < -0.39 is 0 Å². The molecule has 0 unspecified atom stereocenters. The topological polar surface area (TPSA) is 37.3 Å². The quantitative estimate of drug-likeness (QED) is 0.575. The number of benzene rings is 1. The second-order valence-corrected chi connectivity index (χ2v) is 7.39. The Bertz CT molecular complexity index is 644. The Kier molecular flexibility index (Phi) is 4.06. The minimum absolute atomic E-state index is 0.108. The van der Waals surface area contributed by atoms with Crippen LogP contribution in [0.1, 0.15) is 38.2 Å². The van der Waals surface area contributed by atoms with Crippen molar-refractivity contribution in [2.24, 2.45) is 5.41 Å². The van der Waals surface area contributed by atoms with Gasteiger partial charge in [-0.2, -0.15) is 0 Å². The molecule has 21 heavy (non-hydrogen) atoms. The van der Waals surface area contributed by atoms with Gasteiger partial charge in [0.2, 0.25) is 0 Å². The lowest BCUT2D eigenvalue weighted by molar-refractivity contribution is -0.112. The zero-order chi connectivity index (χ0) is 15.0. The van der Waals surface area contributed by atoms with Crippen LogP contribution in [0.15, 0.2) is 41.5 Å². The second-order valence-electron chi connectivity index (χ2n) is 6.23. The first kappa shape index (κ1) is 15.0. The van der Waals surface area contributed by atoms with Crippen molar-refractivity contribution in [3.05, 3.63) is 50.6 Å². The summed E-state index contributed by atoms with van der Waals surface area (Å²) in [6.45, 7) is 2.10. The highest BCUT2D eigenvalue weighted by Gasteiger charge is 2.43.